The van der Waals surface area contributed by atoms with E-state index in [0.717, 1.165) is 19.3 Å². The lowest BCUT2D eigenvalue weighted by molar-refractivity contribution is -0.384. The minimum Gasteiger partial charge on any atom is -0.377 e. The van der Waals surface area contributed by atoms with Crippen LogP contribution in [0.15, 0.2) is 12.1 Å². The molecule has 0 fully saturated rings. The molecule has 0 aromatic heterocycles. The number of hydrogen-bond donors (Lipinski definition) is 1. The van der Waals surface area contributed by atoms with Crippen LogP contribution in [0.4, 0.5) is 20.2 Å². The van der Waals surface area contributed by atoms with E-state index in [1.165, 1.54) is 0 Å². The molecule has 94 valence electrons. The highest BCUT2D eigenvalue weighted by atomic mass is 19.1. The molecule has 0 heterocycles. The average molecular weight is 244 g/mol. The summed E-state index contributed by atoms with van der Waals surface area (Å²) in [7, 11) is 0. The number of nitrogens with one attached hydrogen (secondary N) is 1. The van der Waals surface area contributed by atoms with Crippen LogP contribution >= 0.6 is 0 Å². The van der Waals surface area contributed by atoms with Gasteiger partial charge in [-0.3, -0.25) is 10.1 Å². The van der Waals surface area contributed by atoms with E-state index in [-0.39, 0.29) is 5.69 Å². The second kappa shape index (κ2) is 6.12. The molecule has 0 amide bonds. The van der Waals surface area contributed by atoms with Gasteiger partial charge in [-0.1, -0.05) is 19.8 Å². The highest BCUT2D eigenvalue weighted by molar-refractivity contribution is 5.62. The summed E-state index contributed by atoms with van der Waals surface area (Å²) in [5, 5.41) is 13.3. The molecule has 1 aromatic carbocycles. The third-order valence-corrected chi connectivity index (χ3v) is 2.31. The summed E-state index contributed by atoms with van der Waals surface area (Å²) in [6.07, 6.45) is 2.73. The van der Waals surface area contributed by atoms with Crippen molar-refractivity contribution in [2.45, 2.75) is 26.2 Å². The number of nitro groups is 1. The first-order valence-electron chi connectivity index (χ1n) is 5.43. The van der Waals surface area contributed by atoms with Crippen LogP contribution in [0.3, 0.4) is 0 Å². The van der Waals surface area contributed by atoms with Crippen molar-refractivity contribution in [2.24, 2.45) is 0 Å². The van der Waals surface area contributed by atoms with Crippen molar-refractivity contribution >= 4 is 11.4 Å². The van der Waals surface area contributed by atoms with E-state index in [4.69, 9.17) is 0 Å². The Labute approximate surface area is 97.8 Å². The molecule has 1 aromatic rings. The van der Waals surface area contributed by atoms with E-state index < -0.39 is 22.2 Å². The Morgan fingerprint density at radius 2 is 2.06 bits per heavy atom. The highest BCUT2D eigenvalue weighted by Gasteiger charge is 2.19. The first-order chi connectivity index (χ1) is 8.06. The number of hydrogen-bond acceptors (Lipinski definition) is 3. The Bertz CT molecular complexity index is 411. The number of halogens is 2. The van der Waals surface area contributed by atoms with Gasteiger partial charge in [-0.2, -0.15) is 0 Å². The molecule has 17 heavy (non-hydrogen) atoms. The number of nitro benzene ring substituents is 1. The van der Waals surface area contributed by atoms with Gasteiger partial charge in [0.2, 0.25) is 0 Å². The van der Waals surface area contributed by atoms with Crippen LogP contribution in [0.25, 0.3) is 0 Å². The molecule has 0 saturated carbocycles. The van der Waals surface area contributed by atoms with E-state index in [0.29, 0.717) is 18.7 Å². The van der Waals surface area contributed by atoms with Gasteiger partial charge in [0.1, 0.15) is 11.5 Å². The molecule has 0 aliphatic rings. The number of nitrogens with zero attached hydrogens (tertiary/aromatic N) is 1. The summed E-state index contributed by atoms with van der Waals surface area (Å²) in [4.78, 5) is 9.85. The molecule has 0 spiro atoms. The summed E-state index contributed by atoms with van der Waals surface area (Å²) < 4.78 is 26.2. The van der Waals surface area contributed by atoms with Gasteiger partial charge in [0.25, 0.3) is 5.69 Å². The molecule has 0 saturated heterocycles. The third-order valence-electron chi connectivity index (χ3n) is 2.31. The van der Waals surface area contributed by atoms with Crippen LogP contribution in [-0.4, -0.2) is 11.5 Å². The van der Waals surface area contributed by atoms with Gasteiger partial charge in [-0.25, -0.2) is 8.78 Å². The smallest absolute Gasteiger partial charge is 0.298 e. The van der Waals surface area contributed by atoms with Gasteiger partial charge < -0.3 is 5.32 Å². The normalized spacial score (nSPS) is 10.3. The molecule has 0 atom stereocenters. The fourth-order valence-electron chi connectivity index (χ4n) is 1.47. The van der Waals surface area contributed by atoms with E-state index in [9.17, 15) is 18.9 Å². The molecule has 1 rings (SSSR count). The fraction of sp³-hybridized carbons (Fsp3) is 0.455. The van der Waals surface area contributed by atoms with Gasteiger partial charge in [0.05, 0.1) is 11.0 Å². The minimum atomic E-state index is -0.951. The second-order valence-electron chi connectivity index (χ2n) is 3.67. The monoisotopic (exact) mass is 244 g/mol. The maximum absolute atomic E-state index is 13.4. The fourth-order valence-corrected chi connectivity index (χ4v) is 1.47. The van der Waals surface area contributed by atoms with Gasteiger partial charge >= 0.3 is 0 Å². The van der Waals surface area contributed by atoms with E-state index in [1.807, 2.05) is 6.92 Å². The highest BCUT2D eigenvalue weighted by Crippen LogP contribution is 2.28. The number of unbranched alkanes of at least 4 members (excludes halogenated alkanes) is 2. The molecule has 0 radical (unpaired) electrons. The minimum absolute atomic E-state index is 0.243. The van der Waals surface area contributed by atoms with Crippen molar-refractivity contribution in [3.63, 3.8) is 0 Å². The lowest BCUT2D eigenvalue weighted by atomic mass is 10.2. The van der Waals surface area contributed by atoms with Crippen LogP contribution in [0, 0.1) is 21.7 Å². The molecule has 0 unspecified atom stereocenters. The number of anilines is 1. The van der Waals surface area contributed by atoms with Crippen LogP contribution < -0.4 is 5.32 Å². The maximum atomic E-state index is 13.4. The van der Waals surface area contributed by atoms with Crippen molar-refractivity contribution in [3.8, 4) is 0 Å². The molecular weight excluding hydrogens is 230 g/mol. The van der Waals surface area contributed by atoms with Crippen LogP contribution in [0.1, 0.15) is 26.2 Å². The topological polar surface area (TPSA) is 55.2 Å². The van der Waals surface area contributed by atoms with Crippen molar-refractivity contribution in [3.05, 3.63) is 33.9 Å². The van der Waals surface area contributed by atoms with Crippen molar-refractivity contribution < 1.29 is 13.7 Å². The zero-order valence-corrected chi connectivity index (χ0v) is 9.50. The van der Waals surface area contributed by atoms with Gasteiger partial charge in [-0.05, 0) is 6.42 Å². The summed E-state index contributed by atoms with van der Waals surface area (Å²) in [5.74, 6) is -1.89. The van der Waals surface area contributed by atoms with Crippen LogP contribution in [0.5, 0.6) is 0 Å². The molecule has 0 aliphatic carbocycles. The Morgan fingerprint density at radius 1 is 1.35 bits per heavy atom. The SMILES string of the molecule is CCCCCNc1c(F)cc(F)cc1[N+](=O)[O-]. The summed E-state index contributed by atoms with van der Waals surface area (Å²) in [5.41, 5.74) is -0.813. The van der Waals surface area contributed by atoms with Gasteiger partial charge in [0.15, 0.2) is 5.82 Å². The average Bonchev–Trinajstić information content (AvgIpc) is 2.25. The maximum Gasteiger partial charge on any atom is 0.298 e. The van der Waals surface area contributed by atoms with Gasteiger partial charge in [-0.15, -0.1) is 0 Å². The van der Waals surface area contributed by atoms with Crippen LogP contribution in [0.2, 0.25) is 0 Å². The molecular formula is C11H14F2N2O2. The molecule has 4 nitrogen and oxygen atoms in total. The zero-order valence-electron chi connectivity index (χ0n) is 9.50. The molecule has 0 bridgehead atoms. The standard InChI is InChI=1S/C11H14F2N2O2/c1-2-3-4-5-14-11-9(13)6-8(12)7-10(11)15(16)17/h6-7,14H,2-5H2,1H3. The van der Waals surface area contributed by atoms with Crippen molar-refractivity contribution in [2.75, 3.05) is 11.9 Å². The molecule has 1 N–H and O–H groups in total. The molecule has 0 aliphatic heterocycles. The molecule has 6 heteroatoms. The first-order valence-corrected chi connectivity index (χ1v) is 5.43. The Kier molecular flexibility index (Phi) is 4.81. The quantitative estimate of drug-likeness (QED) is 0.473. The van der Waals surface area contributed by atoms with E-state index in [1.54, 1.807) is 0 Å². The Morgan fingerprint density at radius 3 is 2.65 bits per heavy atom. The zero-order chi connectivity index (χ0) is 12.8. The Balaban J connectivity index is 2.85. The second-order valence-corrected chi connectivity index (χ2v) is 3.67. The number of rotatable bonds is 6. The Hall–Kier alpha value is -1.72. The van der Waals surface area contributed by atoms with Crippen molar-refractivity contribution in [1.82, 2.24) is 0 Å². The van der Waals surface area contributed by atoms with Crippen molar-refractivity contribution in [1.29, 1.82) is 0 Å². The van der Waals surface area contributed by atoms with E-state index >= 15 is 0 Å². The largest absolute Gasteiger partial charge is 0.377 e. The summed E-state index contributed by atoms with van der Waals surface area (Å²) in [6.45, 7) is 2.44. The van der Waals surface area contributed by atoms with Crippen LogP contribution in [-0.2, 0) is 0 Å². The predicted octanol–water partition coefficient (Wildman–Crippen LogP) is 3.48. The lowest BCUT2D eigenvalue weighted by Crippen LogP contribution is -2.07. The van der Waals surface area contributed by atoms with E-state index in [2.05, 4.69) is 5.32 Å². The summed E-state index contributed by atoms with van der Waals surface area (Å²) >= 11 is 0. The third kappa shape index (κ3) is 3.65. The first kappa shape index (κ1) is 13.3. The lowest BCUT2D eigenvalue weighted by Gasteiger charge is -2.07. The van der Waals surface area contributed by atoms with Gasteiger partial charge in [0, 0.05) is 12.6 Å². The number of benzene rings is 1. The summed E-state index contributed by atoms with van der Waals surface area (Å²) in [6, 6.07) is 1.35. The predicted molar refractivity (Wildman–Crippen MR) is 61.0 cm³/mol.